The summed E-state index contributed by atoms with van der Waals surface area (Å²) >= 11 is 0. The molecule has 1 fully saturated rings. The molecule has 0 saturated heterocycles. The van der Waals surface area contributed by atoms with Gasteiger partial charge in [0.15, 0.2) is 0 Å². The highest BCUT2D eigenvalue weighted by Crippen LogP contribution is 2.36. The molecular formula is C17H24N4O2. The molecule has 1 aromatic carbocycles. The Morgan fingerprint density at radius 1 is 1.52 bits per heavy atom. The maximum atomic E-state index is 10.8. The molecule has 2 atom stereocenters. The lowest BCUT2D eigenvalue weighted by Gasteiger charge is -2.45. The van der Waals surface area contributed by atoms with Crippen molar-refractivity contribution in [1.82, 2.24) is 4.90 Å². The zero-order chi connectivity index (χ0) is 17.0. The number of benzene rings is 1. The van der Waals surface area contributed by atoms with Crippen LogP contribution in [-0.2, 0) is 0 Å². The normalized spacial score (nSPS) is 24.2. The molecule has 0 amide bonds. The van der Waals surface area contributed by atoms with Gasteiger partial charge in [0.2, 0.25) is 0 Å². The van der Waals surface area contributed by atoms with Gasteiger partial charge in [0, 0.05) is 24.2 Å². The third kappa shape index (κ3) is 3.80. The smallest absolute Gasteiger partial charge is 0.270 e. The van der Waals surface area contributed by atoms with E-state index in [1.165, 1.54) is 25.0 Å². The second-order valence-corrected chi connectivity index (χ2v) is 6.77. The molecule has 0 spiro atoms. The van der Waals surface area contributed by atoms with E-state index < -0.39 is 4.92 Å². The average Bonchev–Trinajstić information content (AvgIpc) is 2.52. The van der Waals surface area contributed by atoms with Crippen molar-refractivity contribution in [2.45, 2.75) is 38.1 Å². The standard InChI is InChI=1S/C17H24N4O2/c1-13-5-4-8-17(10-13,20(2)3)12-19-16-7-6-15(21(22)23)9-14(16)11-18/h6-7,9,13,19H,4-5,8,10,12H2,1-3H3. The van der Waals surface area contributed by atoms with Crippen LogP contribution in [0, 0.1) is 27.4 Å². The minimum absolute atomic E-state index is 0.0549. The van der Waals surface area contributed by atoms with E-state index in [0.29, 0.717) is 17.2 Å². The highest BCUT2D eigenvalue weighted by atomic mass is 16.6. The zero-order valence-electron chi connectivity index (χ0n) is 14.0. The topological polar surface area (TPSA) is 82.2 Å². The van der Waals surface area contributed by atoms with E-state index in [0.717, 1.165) is 19.4 Å². The fraction of sp³-hybridized carbons (Fsp3) is 0.588. The number of rotatable bonds is 5. The molecule has 0 radical (unpaired) electrons. The van der Waals surface area contributed by atoms with Crippen LogP contribution in [0.3, 0.4) is 0 Å². The molecule has 1 N–H and O–H groups in total. The molecule has 1 saturated carbocycles. The molecule has 0 aliphatic heterocycles. The molecule has 124 valence electrons. The number of hydrogen-bond donors (Lipinski definition) is 1. The van der Waals surface area contributed by atoms with E-state index in [4.69, 9.17) is 0 Å². The summed E-state index contributed by atoms with van der Waals surface area (Å²) in [5.74, 6) is 0.681. The van der Waals surface area contributed by atoms with Crippen molar-refractivity contribution in [3.8, 4) is 6.07 Å². The van der Waals surface area contributed by atoms with Gasteiger partial charge in [-0.2, -0.15) is 5.26 Å². The fourth-order valence-corrected chi connectivity index (χ4v) is 3.51. The molecule has 1 aromatic rings. The van der Waals surface area contributed by atoms with Crippen LogP contribution in [-0.4, -0.2) is 36.0 Å². The van der Waals surface area contributed by atoms with Gasteiger partial charge in [-0.1, -0.05) is 19.8 Å². The number of nitrogens with one attached hydrogen (secondary N) is 1. The lowest BCUT2D eigenvalue weighted by Crippen LogP contribution is -2.52. The Morgan fingerprint density at radius 2 is 2.26 bits per heavy atom. The van der Waals surface area contributed by atoms with Gasteiger partial charge in [0.25, 0.3) is 5.69 Å². The maximum absolute atomic E-state index is 10.8. The summed E-state index contributed by atoms with van der Waals surface area (Å²) in [4.78, 5) is 12.6. The molecule has 6 nitrogen and oxygen atoms in total. The van der Waals surface area contributed by atoms with Gasteiger partial charge < -0.3 is 10.2 Å². The van der Waals surface area contributed by atoms with Crippen LogP contribution >= 0.6 is 0 Å². The lowest BCUT2D eigenvalue weighted by molar-refractivity contribution is -0.384. The fourth-order valence-electron chi connectivity index (χ4n) is 3.51. The van der Waals surface area contributed by atoms with Gasteiger partial charge in [-0.3, -0.25) is 10.1 Å². The minimum Gasteiger partial charge on any atom is -0.382 e. The van der Waals surface area contributed by atoms with Crippen LogP contribution in [0.5, 0.6) is 0 Å². The Labute approximate surface area is 137 Å². The minimum atomic E-state index is -0.477. The van der Waals surface area contributed by atoms with Crippen LogP contribution in [0.25, 0.3) is 0 Å². The third-order valence-corrected chi connectivity index (χ3v) is 4.96. The molecule has 0 heterocycles. The third-order valence-electron chi connectivity index (χ3n) is 4.96. The van der Waals surface area contributed by atoms with Gasteiger partial charge in [0.1, 0.15) is 6.07 Å². The van der Waals surface area contributed by atoms with E-state index >= 15 is 0 Å². The maximum Gasteiger partial charge on any atom is 0.270 e. The van der Waals surface area contributed by atoms with Gasteiger partial charge in [-0.05, 0) is 38.9 Å². The van der Waals surface area contributed by atoms with Gasteiger partial charge >= 0.3 is 0 Å². The largest absolute Gasteiger partial charge is 0.382 e. The van der Waals surface area contributed by atoms with E-state index in [1.54, 1.807) is 6.07 Å². The second-order valence-electron chi connectivity index (χ2n) is 6.77. The molecule has 2 unspecified atom stereocenters. The Morgan fingerprint density at radius 3 is 2.83 bits per heavy atom. The monoisotopic (exact) mass is 316 g/mol. The van der Waals surface area contributed by atoms with E-state index in [-0.39, 0.29) is 11.2 Å². The molecule has 2 rings (SSSR count). The molecular weight excluding hydrogens is 292 g/mol. The summed E-state index contributed by atoms with van der Waals surface area (Å²) in [6.07, 6.45) is 4.69. The summed E-state index contributed by atoms with van der Waals surface area (Å²) in [7, 11) is 4.20. The summed E-state index contributed by atoms with van der Waals surface area (Å²) in [6.45, 7) is 3.01. The van der Waals surface area contributed by atoms with Crippen LogP contribution < -0.4 is 5.32 Å². The van der Waals surface area contributed by atoms with Crippen LogP contribution in [0.1, 0.15) is 38.2 Å². The molecule has 6 heteroatoms. The highest BCUT2D eigenvalue weighted by molar-refractivity contribution is 5.61. The number of nitrogens with zero attached hydrogens (tertiary/aromatic N) is 3. The summed E-state index contributed by atoms with van der Waals surface area (Å²) in [5, 5.41) is 23.4. The number of hydrogen-bond acceptors (Lipinski definition) is 5. The number of anilines is 1. The molecule has 23 heavy (non-hydrogen) atoms. The van der Waals surface area contributed by atoms with Crippen LogP contribution in [0.4, 0.5) is 11.4 Å². The average molecular weight is 316 g/mol. The van der Waals surface area contributed by atoms with Crippen molar-refractivity contribution in [3.05, 3.63) is 33.9 Å². The van der Waals surface area contributed by atoms with Gasteiger partial charge in [-0.25, -0.2) is 0 Å². The number of nitriles is 1. The Kier molecular flexibility index (Phi) is 5.22. The zero-order valence-corrected chi connectivity index (χ0v) is 14.0. The van der Waals surface area contributed by atoms with Crippen molar-refractivity contribution < 1.29 is 4.92 Å². The first-order valence-electron chi connectivity index (χ1n) is 7.98. The predicted octanol–water partition coefficient (Wildman–Crippen LogP) is 3.39. The molecule has 0 aromatic heterocycles. The molecule has 0 bridgehead atoms. The first-order chi connectivity index (χ1) is 10.9. The predicted molar refractivity (Wildman–Crippen MR) is 90.4 cm³/mol. The van der Waals surface area contributed by atoms with Crippen molar-refractivity contribution in [2.24, 2.45) is 5.92 Å². The van der Waals surface area contributed by atoms with Crippen molar-refractivity contribution in [3.63, 3.8) is 0 Å². The Bertz CT molecular complexity index is 624. The SMILES string of the molecule is CC1CCCC(CNc2ccc([N+](=O)[O-])cc2C#N)(N(C)C)C1. The number of likely N-dealkylation sites (N-methyl/N-ethyl adjacent to an activating group) is 1. The van der Waals surface area contributed by atoms with Crippen molar-refractivity contribution >= 4 is 11.4 Å². The van der Waals surface area contributed by atoms with Gasteiger partial charge in [-0.15, -0.1) is 0 Å². The van der Waals surface area contributed by atoms with Crippen LogP contribution in [0.15, 0.2) is 18.2 Å². The first kappa shape index (κ1) is 17.2. The van der Waals surface area contributed by atoms with Crippen molar-refractivity contribution in [2.75, 3.05) is 26.0 Å². The van der Waals surface area contributed by atoms with Crippen LogP contribution in [0.2, 0.25) is 0 Å². The number of nitro benzene ring substituents is 1. The number of non-ortho nitro benzene ring substituents is 1. The highest BCUT2D eigenvalue weighted by Gasteiger charge is 2.36. The summed E-state index contributed by atoms with van der Waals surface area (Å²) in [6, 6.07) is 6.45. The molecule has 1 aliphatic rings. The van der Waals surface area contributed by atoms with E-state index in [2.05, 4.69) is 31.2 Å². The quantitative estimate of drug-likeness (QED) is 0.665. The summed E-state index contributed by atoms with van der Waals surface area (Å²) < 4.78 is 0. The van der Waals surface area contributed by atoms with Gasteiger partial charge in [0.05, 0.1) is 16.2 Å². The number of nitro groups is 1. The first-order valence-corrected chi connectivity index (χ1v) is 7.98. The van der Waals surface area contributed by atoms with E-state index in [9.17, 15) is 15.4 Å². The second kappa shape index (κ2) is 6.97. The Balaban J connectivity index is 2.18. The van der Waals surface area contributed by atoms with Crippen molar-refractivity contribution in [1.29, 1.82) is 5.26 Å². The Hall–Kier alpha value is -2.13. The summed E-state index contributed by atoms with van der Waals surface area (Å²) in [5.41, 5.74) is 0.988. The van der Waals surface area contributed by atoms with E-state index in [1.807, 2.05) is 6.07 Å². The lowest BCUT2D eigenvalue weighted by atomic mass is 9.75. The molecule has 1 aliphatic carbocycles.